The Hall–Kier alpha value is -6.03. The predicted octanol–water partition coefficient (Wildman–Crippen LogP) is 9.14. The van der Waals surface area contributed by atoms with Crippen LogP contribution >= 0.6 is 0 Å². The molecule has 5 rings (SSSR count). The molecule has 1 aromatic heterocycles. The molecule has 0 spiro atoms. The van der Waals surface area contributed by atoms with Crippen LogP contribution in [0.25, 0.3) is 24.3 Å². The Morgan fingerprint density at radius 2 is 0.913 bits per heavy atom. The molecule has 3 heteroatoms. The highest BCUT2D eigenvalue weighted by Gasteiger charge is 2.12. The second-order valence-corrected chi connectivity index (χ2v) is 11.8. The zero-order chi connectivity index (χ0) is 32.4. The van der Waals surface area contributed by atoms with E-state index in [-0.39, 0.29) is 5.41 Å². The fraction of sp³-hybridized carbons (Fsp3) is 0.0930. The van der Waals surface area contributed by atoms with Crippen LogP contribution in [0.4, 0.5) is 0 Å². The van der Waals surface area contributed by atoms with Crippen LogP contribution in [0.5, 0.6) is 0 Å². The SMILES string of the molecule is CC(C)(C)c1ccc(/C=C/c2cc(C#Cc3ccc(C=O)cc3)c(/C=C/c3ccncc3)cc2C#Cc2ccc(C=O)cc2)cc1. The molecule has 0 saturated carbocycles. The summed E-state index contributed by atoms with van der Waals surface area (Å²) in [4.78, 5) is 26.4. The van der Waals surface area contributed by atoms with Gasteiger partial charge in [-0.25, -0.2) is 0 Å². The summed E-state index contributed by atoms with van der Waals surface area (Å²) < 4.78 is 0. The topological polar surface area (TPSA) is 47.0 Å². The minimum atomic E-state index is 0.0790. The highest BCUT2D eigenvalue weighted by atomic mass is 16.1. The molecule has 0 atom stereocenters. The van der Waals surface area contributed by atoms with E-state index in [1.54, 1.807) is 36.7 Å². The van der Waals surface area contributed by atoms with Crippen LogP contribution in [-0.4, -0.2) is 17.6 Å². The van der Waals surface area contributed by atoms with E-state index in [0.29, 0.717) is 11.1 Å². The zero-order valence-electron chi connectivity index (χ0n) is 26.1. The standard InChI is InChI=1S/C43H33NO2/c1-43(2,3)42-22-16-34(17-23-42)14-20-40-28-39(19-13-33-6-10-37(31-46)11-7-33)41(21-15-35-24-26-44-27-25-35)29-38(40)18-12-32-4-8-36(30-45)9-5-32/h4-11,14-17,20-31H,1-3H3/b20-14+,21-15+. The zero-order valence-corrected chi connectivity index (χ0v) is 26.1. The third kappa shape index (κ3) is 8.54. The fourth-order valence-corrected chi connectivity index (χ4v) is 4.64. The fourth-order valence-electron chi connectivity index (χ4n) is 4.64. The molecular formula is C43H33NO2. The lowest BCUT2D eigenvalue weighted by Gasteiger charge is -2.18. The van der Waals surface area contributed by atoms with E-state index in [0.717, 1.165) is 57.1 Å². The molecule has 0 bridgehead atoms. The van der Waals surface area contributed by atoms with E-state index >= 15 is 0 Å². The van der Waals surface area contributed by atoms with Crippen molar-refractivity contribution in [2.75, 3.05) is 0 Å². The number of aromatic nitrogens is 1. The van der Waals surface area contributed by atoms with E-state index < -0.39 is 0 Å². The van der Waals surface area contributed by atoms with Crippen LogP contribution in [0.1, 0.15) is 91.6 Å². The Kier molecular flexibility index (Phi) is 9.99. The van der Waals surface area contributed by atoms with Crippen LogP contribution in [0.15, 0.2) is 109 Å². The molecule has 1 heterocycles. The summed E-state index contributed by atoms with van der Waals surface area (Å²) in [5, 5.41) is 0. The average Bonchev–Trinajstić information content (AvgIpc) is 3.09. The molecule has 5 aromatic rings. The molecule has 0 radical (unpaired) electrons. The first kappa shape index (κ1) is 31.4. The highest BCUT2D eigenvalue weighted by molar-refractivity contribution is 5.80. The van der Waals surface area contributed by atoms with Crippen molar-refractivity contribution in [2.24, 2.45) is 0 Å². The molecule has 0 aliphatic carbocycles. The number of aldehydes is 2. The number of rotatable bonds is 6. The minimum Gasteiger partial charge on any atom is -0.298 e. The first-order valence-corrected chi connectivity index (χ1v) is 15.0. The first-order valence-electron chi connectivity index (χ1n) is 15.0. The van der Waals surface area contributed by atoms with Crippen molar-refractivity contribution >= 4 is 36.9 Å². The molecule has 0 aliphatic rings. The van der Waals surface area contributed by atoms with Crippen LogP contribution < -0.4 is 0 Å². The van der Waals surface area contributed by atoms with Crippen LogP contribution in [0.2, 0.25) is 0 Å². The number of nitrogens with zero attached hydrogens (tertiary/aromatic N) is 1. The third-order valence-corrected chi connectivity index (χ3v) is 7.39. The molecule has 46 heavy (non-hydrogen) atoms. The van der Waals surface area contributed by atoms with Gasteiger partial charge in [0.05, 0.1) is 0 Å². The third-order valence-electron chi connectivity index (χ3n) is 7.39. The van der Waals surface area contributed by atoms with Gasteiger partial charge in [-0.3, -0.25) is 14.6 Å². The maximum absolute atomic E-state index is 11.1. The lowest BCUT2D eigenvalue weighted by molar-refractivity contribution is 0.111. The smallest absolute Gasteiger partial charge is 0.150 e. The quantitative estimate of drug-likeness (QED) is 0.112. The monoisotopic (exact) mass is 595 g/mol. The Balaban J connectivity index is 1.62. The van der Waals surface area contributed by atoms with Crippen LogP contribution in [0.3, 0.4) is 0 Å². The summed E-state index contributed by atoms with van der Waals surface area (Å²) >= 11 is 0. The maximum Gasteiger partial charge on any atom is 0.150 e. The number of carbonyl (C=O) groups is 2. The molecular weight excluding hydrogens is 562 g/mol. The van der Waals surface area contributed by atoms with Gasteiger partial charge in [0.25, 0.3) is 0 Å². The second-order valence-electron chi connectivity index (χ2n) is 11.8. The summed E-state index contributed by atoms with van der Waals surface area (Å²) in [7, 11) is 0. The summed E-state index contributed by atoms with van der Waals surface area (Å²) in [6.45, 7) is 6.62. The van der Waals surface area contributed by atoms with Crippen molar-refractivity contribution in [3.8, 4) is 23.7 Å². The van der Waals surface area contributed by atoms with Gasteiger partial charge < -0.3 is 0 Å². The largest absolute Gasteiger partial charge is 0.298 e. The minimum absolute atomic E-state index is 0.0790. The van der Waals surface area contributed by atoms with Crippen molar-refractivity contribution in [3.05, 3.63) is 171 Å². The first-order chi connectivity index (χ1) is 22.3. The van der Waals surface area contributed by atoms with Crippen LogP contribution in [-0.2, 0) is 5.41 Å². The van der Waals surface area contributed by atoms with Gasteiger partial charge in [-0.1, -0.05) is 117 Å². The molecule has 0 fully saturated rings. The van der Waals surface area contributed by atoms with E-state index in [1.165, 1.54) is 5.56 Å². The van der Waals surface area contributed by atoms with Gasteiger partial charge in [0.2, 0.25) is 0 Å². The average molecular weight is 596 g/mol. The second kappa shape index (κ2) is 14.6. The molecule has 0 N–H and O–H groups in total. The van der Waals surface area contributed by atoms with Gasteiger partial charge in [0, 0.05) is 45.8 Å². The number of carbonyl (C=O) groups excluding carboxylic acids is 2. The Bertz CT molecular complexity index is 2020. The lowest BCUT2D eigenvalue weighted by Crippen LogP contribution is -2.10. The van der Waals surface area contributed by atoms with Gasteiger partial charge in [-0.2, -0.15) is 0 Å². The molecule has 3 nitrogen and oxygen atoms in total. The Morgan fingerprint density at radius 3 is 1.33 bits per heavy atom. The molecule has 0 aliphatic heterocycles. The molecule has 222 valence electrons. The van der Waals surface area contributed by atoms with Gasteiger partial charge in [-0.15, -0.1) is 0 Å². The molecule has 4 aromatic carbocycles. The van der Waals surface area contributed by atoms with Gasteiger partial charge >= 0.3 is 0 Å². The normalized spacial score (nSPS) is 11.0. The summed E-state index contributed by atoms with van der Waals surface area (Å²) in [5.74, 6) is 13.3. The van der Waals surface area contributed by atoms with Crippen molar-refractivity contribution in [1.29, 1.82) is 0 Å². The Morgan fingerprint density at radius 1 is 0.500 bits per heavy atom. The number of hydrogen-bond acceptors (Lipinski definition) is 3. The van der Waals surface area contributed by atoms with E-state index in [9.17, 15) is 9.59 Å². The van der Waals surface area contributed by atoms with Crippen molar-refractivity contribution in [2.45, 2.75) is 26.2 Å². The number of hydrogen-bond donors (Lipinski definition) is 0. The molecule has 0 amide bonds. The lowest BCUT2D eigenvalue weighted by atomic mass is 9.86. The molecule has 0 unspecified atom stereocenters. The maximum atomic E-state index is 11.1. The van der Waals surface area contributed by atoms with E-state index in [1.807, 2.05) is 48.6 Å². The van der Waals surface area contributed by atoms with E-state index in [4.69, 9.17) is 0 Å². The van der Waals surface area contributed by atoms with Gasteiger partial charge in [0.1, 0.15) is 12.6 Å². The van der Waals surface area contributed by atoms with Crippen molar-refractivity contribution in [1.82, 2.24) is 4.98 Å². The van der Waals surface area contributed by atoms with E-state index in [2.05, 4.69) is 98.0 Å². The Labute approximate surface area is 271 Å². The highest BCUT2D eigenvalue weighted by Crippen LogP contribution is 2.24. The van der Waals surface area contributed by atoms with Gasteiger partial charge in [-0.05, 0) is 81.8 Å². The summed E-state index contributed by atoms with van der Waals surface area (Å²) in [6, 6.07) is 31.1. The molecule has 0 saturated heterocycles. The van der Waals surface area contributed by atoms with Crippen molar-refractivity contribution < 1.29 is 9.59 Å². The van der Waals surface area contributed by atoms with Crippen LogP contribution in [0, 0.1) is 23.7 Å². The summed E-state index contributed by atoms with van der Waals surface area (Å²) in [6.07, 6.45) is 13.4. The van der Waals surface area contributed by atoms with Crippen molar-refractivity contribution in [3.63, 3.8) is 0 Å². The number of pyridine rings is 1. The predicted molar refractivity (Wildman–Crippen MR) is 189 cm³/mol. The summed E-state index contributed by atoms with van der Waals surface area (Å²) in [5.41, 5.74) is 9.84. The number of benzene rings is 4. The van der Waals surface area contributed by atoms with Gasteiger partial charge in [0.15, 0.2) is 0 Å².